The average molecular weight is 128 g/mol. The van der Waals surface area contributed by atoms with Crippen LogP contribution in [0.1, 0.15) is 33.6 Å². The third kappa shape index (κ3) is 1.26. The van der Waals surface area contributed by atoms with E-state index in [1.807, 2.05) is 0 Å². The van der Waals surface area contributed by atoms with Gasteiger partial charge < -0.3 is 5.11 Å². The van der Waals surface area contributed by atoms with Crippen molar-refractivity contribution in [3.05, 3.63) is 0 Å². The van der Waals surface area contributed by atoms with Crippen molar-refractivity contribution in [3.63, 3.8) is 0 Å². The van der Waals surface area contributed by atoms with Gasteiger partial charge in [-0.1, -0.05) is 20.8 Å². The van der Waals surface area contributed by atoms with Crippen molar-refractivity contribution in [2.45, 2.75) is 39.7 Å². The summed E-state index contributed by atoms with van der Waals surface area (Å²) < 4.78 is 0. The molecule has 1 heteroatoms. The van der Waals surface area contributed by atoms with E-state index in [1.54, 1.807) is 0 Å². The van der Waals surface area contributed by atoms with Crippen LogP contribution in [-0.4, -0.2) is 11.2 Å². The number of rotatable bonds is 2. The largest absolute Gasteiger partial charge is 0.392 e. The second-order valence-corrected chi connectivity index (χ2v) is 3.84. The first-order valence-corrected chi connectivity index (χ1v) is 3.74. The zero-order valence-electron chi connectivity index (χ0n) is 6.52. The van der Waals surface area contributed by atoms with Crippen LogP contribution in [0, 0.1) is 11.3 Å². The Kier molecular flexibility index (Phi) is 1.55. The molecular weight excluding hydrogens is 112 g/mol. The molecule has 1 fully saturated rings. The molecule has 0 radical (unpaired) electrons. The summed E-state index contributed by atoms with van der Waals surface area (Å²) in [6, 6.07) is 0. The van der Waals surface area contributed by atoms with Gasteiger partial charge in [0.25, 0.3) is 0 Å². The fraction of sp³-hybridized carbons (Fsp3) is 1.00. The Morgan fingerprint density at radius 2 is 1.78 bits per heavy atom. The molecule has 1 aliphatic rings. The minimum atomic E-state index is -0.0718. The van der Waals surface area contributed by atoms with Crippen LogP contribution in [0.3, 0.4) is 0 Å². The van der Waals surface area contributed by atoms with E-state index in [0.29, 0.717) is 5.92 Å². The Labute approximate surface area is 57.1 Å². The van der Waals surface area contributed by atoms with Gasteiger partial charge in [-0.3, -0.25) is 0 Å². The number of hydrogen-bond acceptors (Lipinski definition) is 1. The lowest BCUT2D eigenvalue weighted by atomic mass is 9.92. The molecule has 1 rings (SSSR count). The molecule has 0 amide bonds. The zero-order chi connectivity index (χ0) is 7.07. The van der Waals surface area contributed by atoms with Gasteiger partial charge in [-0.2, -0.15) is 0 Å². The van der Waals surface area contributed by atoms with Crippen molar-refractivity contribution >= 4 is 0 Å². The van der Waals surface area contributed by atoms with Gasteiger partial charge in [0.2, 0.25) is 0 Å². The van der Waals surface area contributed by atoms with Crippen LogP contribution in [0.25, 0.3) is 0 Å². The molecular formula is C8H16O. The van der Waals surface area contributed by atoms with Crippen molar-refractivity contribution in [2.75, 3.05) is 0 Å². The maximum Gasteiger partial charge on any atom is 0.0616 e. The molecule has 0 saturated heterocycles. The first-order chi connectivity index (χ1) is 4.06. The van der Waals surface area contributed by atoms with Crippen molar-refractivity contribution in [1.29, 1.82) is 0 Å². The van der Waals surface area contributed by atoms with E-state index in [2.05, 4.69) is 20.8 Å². The average Bonchev–Trinajstić information content (AvgIpc) is 2.47. The number of aliphatic hydroxyl groups is 1. The molecule has 0 spiro atoms. The van der Waals surface area contributed by atoms with Gasteiger partial charge in [-0.05, 0) is 24.2 Å². The predicted octanol–water partition coefficient (Wildman–Crippen LogP) is 1.80. The summed E-state index contributed by atoms with van der Waals surface area (Å²) in [4.78, 5) is 0. The Morgan fingerprint density at radius 3 is 1.89 bits per heavy atom. The standard InChI is InChI=1S/C8H16O/c1-6(2)7(9)8(3)4-5-8/h6-7,9H,4-5H2,1-3H3. The highest BCUT2D eigenvalue weighted by Crippen LogP contribution is 2.49. The summed E-state index contributed by atoms with van der Waals surface area (Å²) in [6.45, 7) is 6.32. The molecule has 1 N–H and O–H groups in total. The van der Waals surface area contributed by atoms with Crippen LogP contribution in [-0.2, 0) is 0 Å². The van der Waals surface area contributed by atoms with Crippen LogP contribution in [0.2, 0.25) is 0 Å². The van der Waals surface area contributed by atoms with E-state index in [-0.39, 0.29) is 11.5 Å². The lowest BCUT2D eigenvalue weighted by molar-refractivity contribution is 0.0596. The second kappa shape index (κ2) is 1.98. The molecule has 0 aromatic heterocycles. The summed E-state index contributed by atoms with van der Waals surface area (Å²) in [5.74, 6) is 0.428. The van der Waals surface area contributed by atoms with Crippen LogP contribution >= 0.6 is 0 Å². The minimum Gasteiger partial charge on any atom is -0.392 e. The molecule has 1 saturated carbocycles. The molecule has 0 aromatic carbocycles. The maximum atomic E-state index is 9.53. The molecule has 0 aromatic rings. The van der Waals surface area contributed by atoms with Gasteiger partial charge in [0, 0.05) is 0 Å². The van der Waals surface area contributed by atoms with Crippen LogP contribution in [0.5, 0.6) is 0 Å². The van der Waals surface area contributed by atoms with Crippen LogP contribution < -0.4 is 0 Å². The summed E-state index contributed by atoms with van der Waals surface area (Å²) in [7, 11) is 0. The number of aliphatic hydroxyl groups excluding tert-OH is 1. The smallest absolute Gasteiger partial charge is 0.0616 e. The highest BCUT2D eigenvalue weighted by molar-refractivity contribution is 4.95. The molecule has 0 heterocycles. The Morgan fingerprint density at radius 1 is 1.33 bits per heavy atom. The third-order valence-electron chi connectivity index (χ3n) is 2.38. The quantitative estimate of drug-likeness (QED) is 0.601. The van der Waals surface area contributed by atoms with Crippen LogP contribution in [0.4, 0.5) is 0 Å². The van der Waals surface area contributed by atoms with Crippen molar-refractivity contribution in [1.82, 2.24) is 0 Å². The molecule has 0 aliphatic heterocycles. The molecule has 9 heavy (non-hydrogen) atoms. The monoisotopic (exact) mass is 128 g/mol. The second-order valence-electron chi connectivity index (χ2n) is 3.84. The van der Waals surface area contributed by atoms with E-state index in [1.165, 1.54) is 12.8 Å². The van der Waals surface area contributed by atoms with Gasteiger partial charge in [-0.15, -0.1) is 0 Å². The highest BCUT2D eigenvalue weighted by Gasteiger charge is 2.44. The van der Waals surface area contributed by atoms with Gasteiger partial charge >= 0.3 is 0 Å². The molecule has 1 aliphatic carbocycles. The van der Waals surface area contributed by atoms with Crippen molar-refractivity contribution in [2.24, 2.45) is 11.3 Å². The fourth-order valence-electron chi connectivity index (χ4n) is 1.30. The molecule has 1 atom stereocenters. The summed E-state index contributed by atoms with van der Waals surface area (Å²) in [5, 5.41) is 9.53. The fourth-order valence-corrected chi connectivity index (χ4v) is 1.30. The SMILES string of the molecule is CC(C)C(O)C1(C)CC1. The number of hydrogen-bond donors (Lipinski definition) is 1. The lowest BCUT2D eigenvalue weighted by Gasteiger charge is -2.20. The van der Waals surface area contributed by atoms with Gasteiger partial charge in [0.15, 0.2) is 0 Å². The molecule has 54 valence electrons. The highest BCUT2D eigenvalue weighted by atomic mass is 16.3. The summed E-state index contributed by atoms with van der Waals surface area (Å²) >= 11 is 0. The van der Waals surface area contributed by atoms with Gasteiger partial charge in [0.1, 0.15) is 0 Å². The Bertz CT molecular complexity index is 103. The predicted molar refractivity (Wildman–Crippen MR) is 38.2 cm³/mol. The minimum absolute atomic E-state index is 0.0718. The Balaban J connectivity index is 2.42. The molecule has 1 nitrogen and oxygen atoms in total. The maximum absolute atomic E-state index is 9.53. The van der Waals surface area contributed by atoms with E-state index >= 15 is 0 Å². The normalized spacial score (nSPS) is 26.3. The van der Waals surface area contributed by atoms with Crippen molar-refractivity contribution in [3.8, 4) is 0 Å². The van der Waals surface area contributed by atoms with Crippen LogP contribution in [0.15, 0.2) is 0 Å². The third-order valence-corrected chi connectivity index (χ3v) is 2.38. The van der Waals surface area contributed by atoms with E-state index < -0.39 is 0 Å². The summed E-state index contributed by atoms with van der Waals surface area (Å²) in [5.41, 5.74) is 0.286. The van der Waals surface area contributed by atoms with E-state index in [9.17, 15) is 5.11 Å². The first-order valence-electron chi connectivity index (χ1n) is 3.74. The van der Waals surface area contributed by atoms with Gasteiger partial charge in [0.05, 0.1) is 6.10 Å². The molecule has 1 unspecified atom stereocenters. The lowest BCUT2D eigenvalue weighted by Crippen LogP contribution is -2.24. The van der Waals surface area contributed by atoms with Crippen molar-refractivity contribution < 1.29 is 5.11 Å². The van der Waals surface area contributed by atoms with E-state index in [0.717, 1.165) is 0 Å². The van der Waals surface area contributed by atoms with E-state index in [4.69, 9.17) is 0 Å². The first kappa shape index (κ1) is 7.07. The topological polar surface area (TPSA) is 20.2 Å². The zero-order valence-corrected chi connectivity index (χ0v) is 6.52. The summed E-state index contributed by atoms with van der Waals surface area (Å²) in [6.07, 6.45) is 2.36. The molecule has 0 bridgehead atoms. The van der Waals surface area contributed by atoms with Gasteiger partial charge in [-0.25, -0.2) is 0 Å². The Hall–Kier alpha value is -0.0400.